The van der Waals surface area contributed by atoms with Crippen molar-refractivity contribution in [3.05, 3.63) is 60.3 Å². The smallest absolute Gasteiger partial charge is 0.267 e. The number of hydrogen-bond donors (Lipinski definition) is 1. The first-order valence-electron chi connectivity index (χ1n) is 8.62. The molecule has 2 aromatic heterocycles. The fourth-order valence-corrected chi connectivity index (χ4v) is 3.12. The van der Waals surface area contributed by atoms with E-state index < -0.39 is 0 Å². The van der Waals surface area contributed by atoms with Gasteiger partial charge in [0.05, 0.1) is 0 Å². The van der Waals surface area contributed by atoms with Crippen LogP contribution in [-0.4, -0.2) is 31.8 Å². The molecule has 0 unspecified atom stereocenters. The molecule has 128 valence electrons. The van der Waals surface area contributed by atoms with Crippen LogP contribution in [0.1, 0.15) is 35.2 Å². The molecule has 0 atom stereocenters. The van der Waals surface area contributed by atoms with Gasteiger partial charge in [-0.25, -0.2) is 0 Å². The molecular formula is C19H21N5O. The van der Waals surface area contributed by atoms with Crippen molar-refractivity contribution in [1.82, 2.24) is 24.6 Å². The third kappa shape index (κ3) is 3.20. The minimum Gasteiger partial charge on any atom is -0.350 e. The van der Waals surface area contributed by atoms with E-state index in [-0.39, 0.29) is 5.91 Å². The fourth-order valence-electron chi connectivity index (χ4n) is 3.12. The molecule has 3 aromatic rings. The number of carbonyl (C=O) groups excluding carboxylic acids is 1. The molecule has 25 heavy (non-hydrogen) atoms. The van der Waals surface area contributed by atoms with Crippen LogP contribution in [0.4, 0.5) is 0 Å². The molecule has 2 heterocycles. The van der Waals surface area contributed by atoms with Crippen molar-refractivity contribution in [1.29, 1.82) is 0 Å². The highest BCUT2D eigenvalue weighted by Crippen LogP contribution is 2.35. The van der Waals surface area contributed by atoms with Gasteiger partial charge in [-0.3, -0.25) is 4.79 Å². The van der Waals surface area contributed by atoms with Crippen LogP contribution in [0, 0.1) is 0 Å². The Hall–Kier alpha value is -2.89. The lowest BCUT2D eigenvalue weighted by Crippen LogP contribution is -2.28. The van der Waals surface area contributed by atoms with Gasteiger partial charge < -0.3 is 14.5 Å². The standard InChI is InChI=1S/C19H21N5O/c1-23-16(14-5-3-2-4-6-14)9-10-17(23)19(25)20-12-11-18-22-21-13-24(18)15-7-8-15/h2-6,9-10,13,15H,7-8,11-12H2,1H3,(H,20,25). The summed E-state index contributed by atoms with van der Waals surface area (Å²) >= 11 is 0. The Bertz CT molecular complexity index is 876. The maximum atomic E-state index is 12.5. The summed E-state index contributed by atoms with van der Waals surface area (Å²) < 4.78 is 4.06. The lowest BCUT2D eigenvalue weighted by molar-refractivity contribution is 0.0946. The summed E-state index contributed by atoms with van der Waals surface area (Å²) in [6.45, 7) is 0.552. The number of rotatable bonds is 6. The molecule has 6 nitrogen and oxygen atoms in total. The number of carbonyl (C=O) groups is 1. The monoisotopic (exact) mass is 335 g/mol. The van der Waals surface area contributed by atoms with Gasteiger partial charge >= 0.3 is 0 Å². The van der Waals surface area contributed by atoms with E-state index in [4.69, 9.17) is 0 Å². The van der Waals surface area contributed by atoms with E-state index in [0.717, 1.165) is 17.1 Å². The molecule has 0 bridgehead atoms. The molecule has 4 rings (SSSR count). The van der Waals surface area contributed by atoms with Crippen molar-refractivity contribution in [2.75, 3.05) is 6.54 Å². The van der Waals surface area contributed by atoms with E-state index in [1.165, 1.54) is 12.8 Å². The second-order valence-electron chi connectivity index (χ2n) is 6.42. The molecule has 1 N–H and O–H groups in total. The Morgan fingerprint density at radius 2 is 2.00 bits per heavy atom. The highest BCUT2D eigenvalue weighted by Gasteiger charge is 2.25. The van der Waals surface area contributed by atoms with Crippen LogP contribution in [0.3, 0.4) is 0 Å². The van der Waals surface area contributed by atoms with Gasteiger partial charge in [0.25, 0.3) is 5.91 Å². The van der Waals surface area contributed by atoms with Crippen molar-refractivity contribution in [2.45, 2.75) is 25.3 Å². The van der Waals surface area contributed by atoms with Crippen molar-refractivity contribution in [3.8, 4) is 11.3 Å². The predicted molar refractivity (Wildman–Crippen MR) is 95.2 cm³/mol. The van der Waals surface area contributed by atoms with E-state index in [1.54, 1.807) is 6.33 Å². The first-order chi connectivity index (χ1) is 12.2. The SMILES string of the molecule is Cn1c(C(=O)NCCc2nncn2C2CC2)ccc1-c1ccccc1. The van der Waals surface area contributed by atoms with Gasteiger partial charge in [-0.05, 0) is 30.5 Å². The molecule has 1 aliphatic rings. The molecule has 0 radical (unpaired) electrons. The van der Waals surface area contributed by atoms with Crippen molar-refractivity contribution < 1.29 is 4.79 Å². The largest absolute Gasteiger partial charge is 0.350 e. The Morgan fingerprint density at radius 3 is 2.76 bits per heavy atom. The number of benzene rings is 1. The predicted octanol–water partition coefficient (Wildman–Crippen LogP) is 2.59. The average molecular weight is 335 g/mol. The van der Waals surface area contributed by atoms with E-state index in [1.807, 2.05) is 54.1 Å². The fraction of sp³-hybridized carbons (Fsp3) is 0.316. The molecule has 1 saturated carbocycles. The van der Waals surface area contributed by atoms with Gasteiger partial charge in [-0.1, -0.05) is 30.3 Å². The molecule has 0 aliphatic heterocycles. The lowest BCUT2D eigenvalue weighted by Gasteiger charge is -2.09. The van der Waals surface area contributed by atoms with Crippen molar-refractivity contribution >= 4 is 5.91 Å². The highest BCUT2D eigenvalue weighted by atomic mass is 16.1. The number of nitrogens with one attached hydrogen (secondary N) is 1. The van der Waals surface area contributed by atoms with Crippen LogP contribution < -0.4 is 5.32 Å². The van der Waals surface area contributed by atoms with E-state index in [9.17, 15) is 4.79 Å². The molecule has 1 fully saturated rings. The number of amides is 1. The number of hydrogen-bond acceptors (Lipinski definition) is 3. The minimum absolute atomic E-state index is 0.0674. The van der Waals surface area contributed by atoms with Crippen LogP contribution in [-0.2, 0) is 13.5 Å². The zero-order valence-electron chi connectivity index (χ0n) is 14.2. The Morgan fingerprint density at radius 1 is 1.20 bits per heavy atom. The minimum atomic E-state index is -0.0674. The van der Waals surface area contributed by atoms with Crippen LogP contribution in [0.15, 0.2) is 48.8 Å². The Balaban J connectivity index is 1.40. The first kappa shape index (κ1) is 15.6. The second kappa shape index (κ2) is 6.55. The molecule has 1 aliphatic carbocycles. The van der Waals surface area contributed by atoms with Crippen LogP contribution in [0.2, 0.25) is 0 Å². The van der Waals surface area contributed by atoms with Gasteiger partial charge in [-0.2, -0.15) is 0 Å². The van der Waals surface area contributed by atoms with E-state index >= 15 is 0 Å². The molecule has 0 spiro atoms. The summed E-state index contributed by atoms with van der Waals surface area (Å²) in [6.07, 6.45) is 4.88. The maximum Gasteiger partial charge on any atom is 0.267 e. The van der Waals surface area contributed by atoms with Gasteiger partial charge in [0, 0.05) is 31.7 Å². The van der Waals surface area contributed by atoms with Crippen LogP contribution >= 0.6 is 0 Å². The Labute approximate surface area is 146 Å². The van der Waals surface area contributed by atoms with Gasteiger partial charge in [-0.15, -0.1) is 10.2 Å². The maximum absolute atomic E-state index is 12.5. The van der Waals surface area contributed by atoms with Crippen LogP contribution in [0.5, 0.6) is 0 Å². The molecule has 1 amide bonds. The third-order valence-electron chi connectivity index (χ3n) is 4.65. The lowest BCUT2D eigenvalue weighted by atomic mass is 10.2. The first-order valence-corrected chi connectivity index (χ1v) is 8.62. The van der Waals surface area contributed by atoms with Gasteiger partial charge in [0.15, 0.2) is 0 Å². The average Bonchev–Trinajstić information content (AvgIpc) is 3.24. The summed E-state index contributed by atoms with van der Waals surface area (Å²) in [4.78, 5) is 12.5. The van der Waals surface area contributed by atoms with Crippen molar-refractivity contribution in [2.24, 2.45) is 7.05 Å². The third-order valence-corrected chi connectivity index (χ3v) is 4.65. The number of nitrogens with zero attached hydrogens (tertiary/aromatic N) is 4. The topological polar surface area (TPSA) is 64.7 Å². The number of aromatic nitrogens is 4. The summed E-state index contributed by atoms with van der Waals surface area (Å²) in [5.41, 5.74) is 2.78. The normalized spacial score (nSPS) is 13.8. The second-order valence-corrected chi connectivity index (χ2v) is 6.42. The molecule has 0 saturated heterocycles. The quantitative estimate of drug-likeness (QED) is 0.753. The zero-order chi connectivity index (χ0) is 17.2. The highest BCUT2D eigenvalue weighted by molar-refractivity contribution is 5.93. The van der Waals surface area contributed by atoms with Gasteiger partial charge in [0.1, 0.15) is 17.8 Å². The van der Waals surface area contributed by atoms with E-state index in [0.29, 0.717) is 24.7 Å². The molecule has 1 aromatic carbocycles. The summed E-state index contributed by atoms with van der Waals surface area (Å²) in [5, 5.41) is 11.1. The summed E-state index contributed by atoms with van der Waals surface area (Å²) in [5.74, 6) is 0.877. The van der Waals surface area contributed by atoms with E-state index in [2.05, 4.69) is 20.1 Å². The van der Waals surface area contributed by atoms with Gasteiger partial charge in [0.2, 0.25) is 0 Å². The van der Waals surface area contributed by atoms with Crippen LogP contribution in [0.25, 0.3) is 11.3 Å². The summed E-state index contributed by atoms with van der Waals surface area (Å²) in [6, 6.07) is 14.5. The zero-order valence-corrected chi connectivity index (χ0v) is 14.2. The summed E-state index contributed by atoms with van der Waals surface area (Å²) in [7, 11) is 1.92. The molecular weight excluding hydrogens is 314 g/mol. The van der Waals surface area contributed by atoms with Crippen molar-refractivity contribution in [3.63, 3.8) is 0 Å². The Kier molecular flexibility index (Phi) is 4.09. The molecule has 6 heteroatoms.